The van der Waals surface area contributed by atoms with E-state index in [1.807, 2.05) is 42.5 Å². The fraction of sp³-hybridized carbons (Fsp3) is 0.0909. The number of benzene rings is 1. The van der Waals surface area contributed by atoms with Crippen molar-refractivity contribution in [1.82, 2.24) is 0 Å². The Morgan fingerprint density at radius 3 is 1.71 bits per heavy atom. The molecule has 0 spiro atoms. The van der Waals surface area contributed by atoms with Crippen molar-refractivity contribution in [3.05, 3.63) is 60.7 Å². The normalized spacial score (nSPS) is 9.71. The van der Waals surface area contributed by atoms with E-state index in [4.69, 9.17) is 0 Å². The summed E-state index contributed by atoms with van der Waals surface area (Å²) in [6.07, 6.45) is 10.0. The Bertz CT molecular complexity index is 196. The van der Waals surface area contributed by atoms with Gasteiger partial charge in [-0.3, -0.25) is 6.08 Å². The fourth-order valence-electron chi connectivity index (χ4n) is 0.682. The standard InChI is InChI=1S/C6H5.C5H5.2BrH.Zr/c1-2-4-6-5-3-1;1-2-4-5-3-1;;;/h1-5H;1-3H,4H2;2*1H;/q2*-1;;;+4/p-2. The number of rotatable bonds is 0. The molecule has 0 saturated carbocycles. The first-order valence-corrected chi connectivity index (χ1v) is 3.63. The number of hydrogen-bond acceptors (Lipinski definition) is 0. The second kappa shape index (κ2) is 16.0. The van der Waals surface area contributed by atoms with E-state index in [-0.39, 0.29) is 60.2 Å². The molecule has 3 heteroatoms. The van der Waals surface area contributed by atoms with Crippen molar-refractivity contribution in [3.63, 3.8) is 0 Å². The molecule has 1 aliphatic rings. The molecule has 0 unspecified atom stereocenters. The number of allylic oxidation sites excluding steroid dienone is 4. The molecule has 0 saturated heterocycles. The number of hydrogen-bond donors (Lipinski definition) is 0. The first kappa shape index (κ1) is 20.0. The summed E-state index contributed by atoms with van der Waals surface area (Å²) >= 11 is 0. The quantitative estimate of drug-likeness (QED) is 0.408. The summed E-state index contributed by atoms with van der Waals surface area (Å²) in [4.78, 5) is 0. The van der Waals surface area contributed by atoms with Crippen molar-refractivity contribution in [2.45, 2.75) is 6.42 Å². The van der Waals surface area contributed by atoms with Gasteiger partial charge in [-0.2, -0.15) is 42.5 Å². The van der Waals surface area contributed by atoms with Gasteiger partial charge >= 0.3 is 26.2 Å². The molecule has 1 aliphatic carbocycles. The third-order valence-electron chi connectivity index (χ3n) is 1.19. The van der Waals surface area contributed by atoms with Crippen molar-refractivity contribution < 1.29 is 60.2 Å². The van der Waals surface area contributed by atoms with Crippen LogP contribution >= 0.6 is 0 Å². The van der Waals surface area contributed by atoms with Crippen LogP contribution in [0, 0.1) is 12.1 Å². The van der Waals surface area contributed by atoms with Crippen LogP contribution in [-0.4, -0.2) is 0 Å². The van der Waals surface area contributed by atoms with Gasteiger partial charge in [0, 0.05) is 0 Å². The Hall–Kier alpha value is 0.543. The molecule has 0 heterocycles. The smallest absolute Gasteiger partial charge is 1.00 e. The fourth-order valence-corrected chi connectivity index (χ4v) is 0.682. The van der Waals surface area contributed by atoms with Gasteiger partial charge in [0.1, 0.15) is 0 Å². The molecular formula is C11H10Br2Zr. The molecule has 0 aliphatic heterocycles. The summed E-state index contributed by atoms with van der Waals surface area (Å²) in [5.41, 5.74) is 0. The van der Waals surface area contributed by atoms with Crippen LogP contribution in [0.1, 0.15) is 6.42 Å². The van der Waals surface area contributed by atoms with Gasteiger partial charge in [0.05, 0.1) is 0 Å². The molecule has 72 valence electrons. The van der Waals surface area contributed by atoms with Crippen molar-refractivity contribution in [1.29, 1.82) is 0 Å². The van der Waals surface area contributed by atoms with Crippen molar-refractivity contribution >= 4 is 0 Å². The van der Waals surface area contributed by atoms with E-state index in [0.717, 1.165) is 6.42 Å². The van der Waals surface area contributed by atoms with Gasteiger partial charge < -0.3 is 34.0 Å². The average Bonchev–Trinajstić information content (AvgIpc) is 2.64. The van der Waals surface area contributed by atoms with E-state index >= 15 is 0 Å². The SMILES string of the molecule is [Br-].[Br-].[C-]1=CC=CC1.[Zr+4].[c-]1ccccc1. The zero-order valence-corrected chi connectivity index (χ0v) is 13.2. The van der Waals surface area contributed by atoms with E-state index in [0.29, 0.717) is 0 Å². The molecular weight excluding hydrogens is 383 g/mol. The van der Waals surface area contributed by atoms with Gasteiger partial charge in [-0.25, -0.2) is 12.2 Å². The van der Waals surface area contributed by atoms with E-state index in [1.54, 1.807) is 0 Å². The summed E-state index contributed by atoms with van der Waals surface area (Å²) in [5.74, 6) is 0. The molecule has 0 amide bonds. The monoisotopic (exact) mass is 390 g/mol. The third kappa shape index (κ3) is 12.5. The van der Waals surface area contributed by atoms with Gasteiger partial charge in [-0.05, 0) is 0 Å². The first-order valence-electron chi connectivity index (χ1n) is 3.63. The van der Waals surface area contributed by atoms with Crippen molar-refractivity contribution in [2.24, 2.45) is 0 Å². The van der Waals surface area contributed by atoms with Crippen LogP contribution in [0.15, 0.2) is 48.6 Å². The molecule has 2 rings (SSSR count). The van der Waals surface area contributed by atoms with E-state index in [1.165, 1.54) is 0 Å². The second-order valence-electron chi connectivity index (χ2n) is 2.08. The molecule has 0 aromatic heterocycles. The van der Waals surface area contributed by atoms with Crippen LogP contribution in [0.25, 0.3) is 0 Å². The largest absolute Gasteiger partial charge is 4.00 e. The maximum atomic E-state index is 2.99. The summed E-state index contributed by atoms with van der Waals surface area (Å²) in [6.45, 7) is 0. The number of halogens is 2. The van der Waals surface area contributed by atoms with Gasteiger partial charge in [-0.1, -0.05) is 0 Å². The van der Waals surface area contributed by atoms with Gasteiger partial charge in [0.25, 0.3) is 0 Å². The molecule has 0 bridgehead atoms. The Labute approximate surface area is 126 Å². The second-order valence-corrected chi connectivity index (χ2v) is 2.08. The van der Waals surface area contributed by atoms with Crippen LogP contribution in [-0.2, 0) is 26.2 Å². The Morgan fingerprint density at radius 1 is 0.929 bits per heavy atom. The van der Waals surface area contributed by atoms with Gasteiger partial charge in [-0.15, -0.1) is 6.42 Å². The van der Waals surface area contributed by atoms with Crippen LogP contribution in [0.5, 0.6) is 0 Å². The Balaban J connectivity index is -0.000000144. The molecule has 0 atom stereocenters. The van der Waals surface area contributed by atoms with Gasteiger partial charge in [0.2, 0.25) is 0 Å². The van der Waals surface area contributed by atoms with Crippen molar-refractivity contribution in [3.8, 4) is 0 Å². The average molecular weight is 393 g/mol. The van der Waals surface area contributed by atoms with E-state index in [2.05, 4.69) is 18.2 Å². The van der Waals surface area contributed by atoms with Crippen LogP contribution in [0.4, 0.5) is 0 Å². The van der Waals surface area contributed by atoms with Crippen LogP contribution in [0.3, 0.4) is 0 Å². The predicted molar refractivity (Wildman–Crippen MR) is 46.8 cm³/mol. The molecule has 0 N–H and O–H groups in total. The molecule has 14 heavy (non-hydrogen) atoms. The zero-order valence-electron chi connectivity index (χ0n) is 7.58. The van der Waals surface area contributed by atoms with Gasteiger partial charge in [0.15, 0.2) is 0 Å². The predicted octanol–water partition coefficient (Wildman–Crippen LogP) is -3.20. The Kier molecular flexibility index (Phi) is 22.9. The summed E-state index contributed by atoms with van der Waals surface area (Å²) in [5, 5.41) is 0. The van der Waals surface area contributed by atoms with Crippen LogP contribution < -0.4 is 34.0 Å². The topological polar surface area (TPSA) is 0 Å². The maximum absolute atomic E-state index is 2.99. The molecule has 1 aromatic rings. The third-order valence-corrected chi connectivity index (χ3v) is 1.19. The maximum Gasteiger partial charge on any atom is 4.00 e. The molecule has 1 aromatic carbocycles. The van der Waals surface area contributed by atoms with E-state index in [9.17, 15) is 0 Å². The van der Waals surface area contributed by atoms with Crippen LogP contribution in [0.2, 0.25) is 0 Å². The minimum Gasteiger partial charge on any atom is -1.00 e. The summed E-state index contributed by atoms with van der Waals surface area (Å²) < 4.78 is 0. The van der Waals surface area contributed by atoms with Crippen molar-refractivity contribution in [2.75, 3.05) is 0 Å². The van der Waals surface area contributed by atoms with E-state index < -0.39 is 0 Å². The minimum atomic E-state index is 0. The Morgan fingerprint density at radius 2 is 1.57 bits per heavy atom. The summed E-state index contributed by atoms with van der Waals surface area (Å²) in [6, 6.07) is 12.5. The first-order chi connectivity index (χ1) is 5.50. The molecule has 0 radical (unpaired) electrons. The minimum absolute atomic E-state index is 0. The molecule has 0 fully saturated rings. The summed E-state index contributed by atoms with van der Waals surface area (Å²) in [7, 11) is 0. The zero-order chi connectivity index (χ0) is 7.78. The molecule has 0 nitrogen and oxygen atoms in total.